The maximum absolute atomic E-state index is 12.8. The van der Waals surface area contributed by atoms with Crippen molar-refractivity contribution >= 4 is 11.8 Å². The molecule has 0 unspecified atom stereocenters. The number of hydrogen-bond acceptors (Lipinski definition) is 5. The Hall–Kier alpha value is -3.09. The summed E-state index contributed by atoms with van der Waals surface area (Å²) in [6, 6.07) is 9.53. The van der Waals surface area contributed by atoms with Gasteiger partial charge in [-0.25, -0.2) is 0 Å². The summed E-state index contributed by atoms with van der Waals surface area (Å²) in [6.45, 7) is 1.52. The highest BCUT2D eigenvalue weighted by atomic mass is 16.5. The van der Waals surface area contributed by atoms with Crippen LogP contribution in [0.4, 0.5) is 0 Å². The summed E-state index contributed by atoms with van der Waals surface area (Å²) in [6.07, 6.45) is 4.41. The molecule has 2 amide bonds. The van der Waals surface area contributed by atoms with Crippen LogP contribution < -0.4 is 9.47 Å². The standard InChI is InChI=1S/C22H27N3O4/c1-24(14-17-5-4-9-23-13-17)22(27)18-12-21(26)25(15-18)10-8-16-6-7-19(28-2)20(11-16)29-3/h4-7,9,11,13,18H,8,10,12,14-15H2,1-3H3/t18-/m0/s1. The van der Waals surface area contributed by atoms with E-state index in [0.717, 1.165) is 11.1 Å². The van der Waals surface area contributed by atoms with Crippen LogP contribution in [0.3, 0.4) is 0 Å². The van der Waals surface area contributed by atoms with Crippen molar-refractivity contribution in [2.75, 3.05) is 34.4 Å². The highest BCUT2D eigenvalue weighted by Crippen LogP contribution is 2.28. The average Bonchev–Trinajstić information content (AvgIpc) is 3.12. The van der Waals surface area contributed by atoms with Crippen molar-refractivity contribution in [1.29, 1.82) is 0 Å². The van der Waals surface area contributed by atoms with Crippen molar-refractivity contribution in [3.05, 3.63) is 53.9 Å². The van der Waals surface area contributed by atoms with E-state index in [-0.39, 0.29) is 24.2 Å². The van der Waals surface area contributed by atoms with Gasteiger partial charge in [0.1, 0.15) is 0 Å². The minimum atomic E-state index is -0.297. The number of carbonyl (C=O) groups excluding carboxylic acids is 2. The molecule has 1 fully saturated rings. The molecule has 0 bridgehead atoms. The van der Waals surface area contributed by atoms with Crippen LogP contribution in [0.25, 0.3) is 0 Å². The molecule has 0 radical (unpaired) electrons. The van der Waals surface area contributed by atoms with Gasteiger partial charge in [0.15, 0.2) is 11.5 Å². The van der Waals surface area contributed by atoms with Gasteiger partial charge >= 0.3 is 0 Å². The molecule has 29 heavy (non-hydrogen) atoms. The van der Waals surface area contributed by atoms with E-state index in [1.165, 1.54) is 0 Å². The molecule has 3 rings (SSSR count). The molecule has 0 spiro atoms. The van der Waals surface area contributed by atoms with Gasteiger partial charge in [-0.3, -0.25) is 14.6 Å². The zero-order chi connectivity index (χ0) is 20.8. The maximum atomic E-state index is 12.8. The van der Waals surface area contributed by atoms with Gasteiger partial charge in [-0.05, 0) is 35.7 Å². The summed E-state index contributed by atoms with van der Waals surface area (Å²) in [5, 5.41) is 0. The van der Waals surface area contributed by atoms with E-state index in [2.05, 4.69) is 4.98 Å². The number of amides is 2. The van der Waals surface area contributed by atoms with Crippen LogP contribution in [0.15, 0.2) is 42.7 Å². The molecule has 2 heterocycles. The summed E-state index contributed by atoms with van der Waals surface area (Å²) in [7, 11) is 4.97. The molecule has 7 heteroatoms. The lowest BCUT2D eigenvalue weighted by Gasteiger charge is -2.21. The molecule has 154 valence electrons. The first-order valence-electron chi connectivity index (χ1n) is 9.64. The van der Waals surface area contributed by atoms with Crippen LogP contribution in [0.5, 0.6) is 11.5 Å². The van der Waals surface area contributed by atoms with Crippen LogP contribution >= 0.6 is 0 Å². The summed E-state index contributed by atoms with van der Waals surface area (Å²) >= 11 is 0. The summed E-state index contributed by atoms with van der Waals surface area (Å²) < 4.78 is 10.6. The molecule has 1 aliphatic rings. The lowest BCUT2D eigenvalue weighted by molar-refractivity contribution is -0.135. The third kappa shape index (κ3) is 5.04. The Kier molecular flexibility index (Phi) is 6.69. The van der Waals surface area contributed by atoms with E-state index in [0.29, 0.717) is 37.6 Å². The van der Waals surface area contributed by atoms with Crippen LogP contribution in [-0.4, -0.2) is 61.0 Å². The second-order valence-electron chi connectivity index (χ2n) is 7.24. The number of ether oxygens (including phenoxy) is 2. The maximum Gasteiger partial charge on any atom is 0.228 e. The fraction of sp³-hybridized carbons (Fsp3) is 0.409. The smallest absolute Gasteiger partial charge is 0.228 e. The summed E-state index contributed by atoms with van der Waals surface area (Å²) in [4.78, 5) is 32.7. The normalized spacial score (nSPS) is 16.0. The fourth-order valence-electron chi connectivity index (χ4n) is 3.61. The number of methoxy groups -OCH3 is 2. The van der Waals surface area contributed by atoms with Gasteiger partial charge in [-0.15, -0.1) is 0 Å². The van der Waals surface area contributed by atoms with Crippen LogP contribution in [0.2, 0.25) is 0 Å². The Bertz CT molecular complexity index is 856. The third-order valence-electron chi connectivity index (χ3n) is 5.20. The van der Waals surface area contributed by atoms with Gasteiger partial charge in [-0.1, -0.05) is 12.1 Å². The van der Waals surface area contributed by atoms with Gasteiger partial charge in [-0.2, -0.15) is 0 Å². The molecule has 1 aliphatic heterocycles. The van der Waals surface area contributed by atoms with Gasteiger partial charge in [0.2, 0.25) is 11.8 Å². The van der Waals surface area contributed by atoms with E-state index in [9.17, 15) is 9.59 Å². The molecule has 1 saturated heterocycles. The fourth-order valence-corrected chi connectivity index (χ4v) is 3.61. The van der Waals surface area contributed by atoms with Gasteiger partial charge in [0.25, 0.3) is 0 Å². The van der Waals surface area contributed by atoms with E-state index in [1.54, 1.807) is 43.5 Å². The van der Waals surface area contributed by atoms with E-state index >= 15 is 0 Å². The van der Waals surface area contributed by atoms with Crippen molar-refractivity contribution < 1.29 is 19.1 Å². The Labute approximate surface area is 171 Å². The quantitative estimate of drug-likeness (QED) is 0.683. The van der Waals surface area contributed by atoms with Crippen molar-refractivity contribution in [3.8, 4) is 11.5 Å². The number of pyridine rings is 1. The molecule has 1 aromatic carbocycles. The molecule has 2 aromatic rings. The van der Waals surface area contributed by atoms with Crippen molar-refractivity contribution in [2.24, 2.45) is 5.92 Å². The summed E-state index contributed by atoms with van der Waals surface area (Å²) in [5.74, 6) is 1.07. The number of nitrogens with zero attached hydrogens (tertiary/aromatic N) is 3. The lowest BCUT2D eigenvalue weighted by Crippen LogP contribution is -2.34. The van der Waals surface area contributed by atoms with E-state index < -0.39 is 0 Å². The molecular formula is C22H27N3O4. The molecule has 1 atom stereocenters. The zero-order valence-corrected chi connectivity index (χ0v) is 17.1. The minimum absolute atomic E-state index is 0.00387. The predicted octanol–water partition coefficient (Wildman–Crippen LogP) is 2.15. The topological polar surface area (TPSA) is 72.0 Å². The molecule has 0 saturated carbocycles. The van der Waals surface area contributed by atoms with E-state index in [1.807, 2.05) is 30.3 Å². The number of carbonyl (C=O) groups is 2. The van der Waals surface area contributed by atoms with E-state index in [4.69, 9.17) is 9.47 Å². The van der Waals surface area contributed by atoms with Crippen molar-refractivity contribution in [1.82, 2.24) is 14.8 Å². The van der Waals surface area contributed by atoms with Gasteiger partial charge < -0.3 is 19.3 Å². The third-order valence-corrected chi connectivity index (χ3v) is 5.20. The van der Waals surface area contributed by atoms with Crippen LogP contribution in [0.1, 0.15) is 17.5 Å². The van der Waals surface area contributed by atoms with Crippen LogP contribution in [-0.2, 0) is 22.6 Å². The van der Waals surface area contributed by atoms with Gasteiger partial charge in [0.05, 0.1) is 20.1 Å². The Morgan fingerprint density at radius 1 is 1.21 bits per heavy atom. The zero-order valence-electron chi connectivity index (χ0n) is 17.1. The second-order valence-corrected chi connectivity index (χ2v) is 7.24. The highest BCUT2D eigenvalue weighted by Gasteiger charge is 2.35. The molecule has 7 nitrogen and oxygen atoms in total. The number of rotatable bonds is 8. The Balaban J connectivity index is 1.55. The monoisotopic (exact) mass is 397 g/mol. The number of hydrogen-bond donors (Lipinski definition) is 0. The first-order valence-corrected chi connectivity index (χ1v) is 9.64. The Morgan fingerprint density at radius 3 is 2.69 bits per heavy atom. The number of likely N-dealkylation sites (tertiary alicyclic amines) is 1. The first-order chi connectivity index (χ1) is 14.0. The first kappa shape index (κ1) is 20.6. The molecule has 1 aromatic heterocycles. The highest BCUT2D eigenvalue weighted by molar-refractivity contribution is 5.89. The largest absolute Gasteiger partial charge is 0.493 e. The number of benzene rings is 1. The lowest BCUT2D eigenvalue weighted by atomic mass is 10.1. The second kappa shape index (κ2) is 9.41. The molecule has 0 N–H and O–H groups in total. The SMILES string of the molecule is COc1ccc(CCN2C[C@@H](C(=O)N(C)Cc3cccnc3)CC2=O)cc1OC. The van der Waals surface area contributed by atoms with Crippen molar-refractivity contribution in [3.63, 3.8) is 0 Å². The minimum Gasteiger partial charge on any atom is -0.493 e. The van der Waals surface area contributed by atoms with Crippen molar-refractivity contribution in [2.45, 2.75) is 19.4 Å². The Morgan fingerprint density at radius 2 is 2.00 bits per heavy atom. The van der Waals surface area contributed by atoms with Crippen LogP contribution in [0, 0.1) is 5.92 Å². The van der Waals surface area contributed by atoms with Gasteiger partial charge in [0, 0.05) is 45.5 Å². The number of aromatic nitrogens is 1. The summed E-state index contributed by atoms with van der Waals surface area (Å²) in [5.41, 5.74) is 2.02. The molecule has 0 aliphatic carbocycles. The average molecular weight is 397 g/mol. The predicted molar refractivity (Wildman–Crippen MR) is 109 cm³/mol. The molecular weight excluding hydrogens is 370 g/mol.